The number of carbonyl (C=O) groups excluding carboxylic acids is 2. The van der Waals surface area contributed by atoms with E-state index >= 15 is 0 Å². The van der Waals surface area contributed by atoms with E-state index in [2.05, 4.69) is 10.0 Å². The smallest absolute Gasteiger partial charge is 0.265 e. The number of benzene rings is 3. The van der Waals surface area contributed by atoms with Gasteiger partial charge in [0, 0.05) is 12.6 Å². The van der Waals surface area contributed by atoms with Crippen molar-refractivity contribution in [2.75, 3.05) is 18.1 Å². The number of amides is 2. The zero-order valence-corrected chi connectivity index (χ0v) is 23.3. The van der Waals surface area contributed by atoms with Crippen LogP contribution in [0.1, 0.15) is 31.2 Å². The van der Waals surface area contributed by atoms with Crippen molar-refractivity contribution in [3.05, 3.63) is 83.4 Å². The zero-order valence-electron chi connectivity index (χ0n) is 21.7. The summed E-state index contributed by atoms with van der Waals surface area (Å²) in [7, 11) is -3.72. The predicted molar refractivity (Wildman–Crippen MR) is 151 cm³/mol. The van der Waals surface area contributed by atoms with Crippen LogP contribution in [0.25, 0.3) is 0 Å². The lowest BCUT2D eigenvalue weighted by Gasteiger charge is -2.34. The van der Waals surface area contributed by atoms with Gasteiger partial charge in [-0.1, -0.05) is 66.9 Å². The maximum atomic E-state index is 13.3. The van der Waals surface area contributed by atoms with Crippen LogP contribution in [0, 0.1) is 0 Å². The molecule has 0 spiro atoms. The summed E-state index contributed by atoms with van der Waals surface area (Å²) in [5.41, 5.74) is 1.46. The van der Waals surface area contributed by atoms with Crippen molar-refractivity contribution >= 4 is 39.1 Å². The Balaban J connectivity index is 1.24. The topological polar surface area (TPSA) is 114 Å². The van der Waals surface area contributed by atoms with Gasteiger partial charge in [0.1, 0.15) is 11.5 Å². The molecule has 0 bridgehead atoms. The Morgan fingerprint density at radius 3 is 2.48 bits per heavy atom. The SMILES string of the molecule is O=C(NCc1ccccc1)C1CN(C(=O)COc2ccc(S(=O)(=O)NC3CCCC3)cc2Cl)c2ccccc2O1. The molecule has 1 atom stereocenters. The number of hydrogen-bond acceptors (Lipinski definition) is 6. The van der Waals surface area contributed by atoms with Crippen LogP contribution in [0.2, 0.25) is 5.02 Å². The highest BCUT2D eigenvalue weighted by atomic mass is 35.5. The average Bonchev–Trinajstić information content (AvgIpc) is 3.47. The summed E-state index contributed by atoms with van der Waals surface area (Å²) in [4.78, 5) is 27.7. The Morgan fingerprint density at radius 2 is 1.73 bits per heavy atom. The van der Waals surface area contributed by atoms with E-state index in [1.165, 1.54) is 23.1 Å². The second-order valence-corrected chi connectivity index (χ2v) is 11.9. The van der Waals surface area contributed by atoms with Crippen LogP contribution in [0.4, 0.5) is 5.69 Å². The van der Waals surface area contributed by atoms with Gasteiger partial charge in [0.2, 0.25) is 10.0 Å². The number of anilines is 1. The van der Waals surface area contributed by atoms with E-state index in [1.807, 2.05) is 30.3 Å². The molecule has 0 saturated heterocycles. The van der Waals surface area contributed by atoms with E-state index in [4.69, 9.17) is 21.1 Å². The number of fused-ring (bicyclic) bond motifs is 1. The van der Waals surface area contributed by atoms with Crippen LogP contribution in [-0.4, -0.2) is 45.5 Å². The second-order valence-electron chi connectivity index (χ2n) is 9.77. The monoisotopic (exact) mass is 583 g/mol. The number of rotatable bonds is 9. The van der Waals surface area contributed by atoms with Gasteiger partial charge in [-0.05, 0) is 48.7 Å². The molecular weight excluding hydrogens is 554 g/mol. The highest BCUT2D eigenvalue weighted by Gasteiger charge is 2.34. The average molecular weight is 584 g/mol. The number of hydrogen-bond donors (Lipinski definition) is 2. The third-order valence-electron chi connectivity index (χ3n) is 6.92. The van der Waals surface area contributed by atoms with E-state index in [0.717, 1.165) is 31.2 Å². The van der Waals surface area contributed by atoms with Crippen LogP contribution < -0.4 is 24.4 Å². The molecule has 9 nitrogen and oxygen atoms in total. The van der Waals surface area contributed by atoms with Gasteiger partial charge in [-0.2, -0.15) is 0 Å². The summed E-state index contributed by atoms with van der Waals surface area (Å²) >= 11 is 6.34. The summed E-state index contributed by atoms with van der Waals surface area (Å²) in [6.07, 6.45) is 2.72. The number of para-hydroxylation sites is 2. The highest BCUT2D eigenvalue weighted by Crippen LogP contribution is 2.34. The molecule has 1 heterocycles. The molecule has 1 saturated carbocycles. The van der Waals surface area contributed by atoms with Crippen LogP contribution in [0.3, 0.4) is 0 Å². The van der Waals surface area contributed by atoms with Gasteiger partial charge in [0.15, 0.2) is 12.7 Å². The minimum atomic E-state index is -3.72. The van der Waals surface area contributed by atoms with Crippen molar-refractivity contribution in [1.29, 1.82) is 0 Å². The molecule has 0 aromatic heterocycles. The van der Waals surface area contributed by atoms with Gasteiger partial charge in [-0.25, -0.2) is 13.1 Å². The minimum absolute atomic E-state index is 0.00240. The van der Waals surface area contributed by atoms with Gasteiger partial charge >= 0.3 is 0 Å². The lowest BCUT2D eigenvalue weighted by molar-refractivity contribution is -0.128. The normalized spacial score (nSPS) is 17.1. The fraction of sp³-hybridized carbons (Fsp3) is 0.310. The molecule has 2 N–H and O–H groups in total. The van der Waals surface area contributed by atoms with Crippen molar-refractivity contribution in [2.24, 2.45) is 0 Å². The van der Waals surface area contributed by atoms with Gasteiger partial charge in [-0.15, -0.1) is 0 Å². The molecule has 5 rings (SSSR count). The van der Waals surface area contributed by atoms with Crippen LogP contribution in [0.15, 0.2) is 77.7 Å². The largest absolute Gasteiger partial charge is 0.482 e. The quantitative estimate of drug-likeness (QED) is 0.393. The van der Waals surface area contributed by atoms with E-state index < -0.39 is 22.0 Å². The van der Waals surface area contributed by atoms with Crippen LogP contribution in [0.5, 0.6) is 11.5 Å². The number of carbonyl (C=O) groups is 2. The third kappa shape index (κ3) is 6.57. The summed E-state index contributed by atoms with van der Waals surface area (Å²) in [6, 6.07) is 20.5. The molecule has 1 aliphatic heterocycles. The molecule has 0 radical (unpaired) electrons. The number of ether oxygens (including phenoxy) is 2. The molecule has 1 aliphatic carbocycles. The number of halogens is 1. The first kappa shape index (κ1) is 27.9. The Bertz CT molecular complexity index is 1480. The maximum absolute atomic E-state index is 13.3. The summed E-state index contributed by atoms with van der Waals surface area (Å²) in [6.45, 7) is -0.0466. The first-order valence-electron chi connectivity index (χ1n) is 13.1. The first-order chi connectivity index (χ1) is 19.3. The summed E-state index contributed by atoms with van der Waals surface area (Å²) in [5, 5.41) is 2.93. The number of nitrogens with zero attached hydrogens (tertiary/aromatic N) is 1. The molecule has 1 fully saturated rings. The van der Waals surface area contributed by atoms with Crippen molar-refractivity contribution in [3.8, 4) is 11.5 Å². The molecule has 2 amide bonds. The molecule has 3 aromatic carbocycles. The molecular formula is C29H30ClN3O6S. The summed E-state index contributed by atoms with van der Waals surface area (Å²) < 4.78 is 39.8. The number of nitrogens with one attached hydrogen (secondary N) is 2. The minimum Gasteiger partial charge on any atom is -0.482 e. The number of sulfonamides is 1. The standard InChI is InChI=1S/C29H30ClN3O6S/c30-23-16-22(40(36,37)32-21-10-4-5-11-21)14-15-25(23)38-19-28(34)33-18-27(39-26-13-7-6-12-24(26)33)29(35)31-17-20-8-2-1-3-9-20/h1-3,6-9,12-16,21,27,32H,4-5,10-11,17-19H2,(H,31,35). The Kier molecular flexibility index (Phi) is 8.58. The van der Waals surface area contributed by atoms with E-state index in [-0.39, 0.29) is 40.8 Å². The lowest BCUT2D eigenvalue weighted by Crippen LogP contribution is -2.51. The molecule has 210 valence electrons. The molecule has 40 heavy (non-hydrogen) atoms. The fourth-order valence-corrected chi connectivity index (χ4v) is 6.45. The molecule has 2 aliphatic rings. The predicted octanol–water partition coefficient (Wildman–Crippen LogP) is 4.05. The van der Waals surface area contributed by atoms with Crippen molar-refractivity contribution in [3.63, 3.8) is 0 Å². The van der Waals surface area contributed by atoms with Gasteiger partial charge in [-0.3, -0.25) is 9.59 Å². The molecule has 11 heteroatoms. The maximum Gasteiger partial charge on any atom is 0.265 e. The van der Waals surface area contributed by atoms with Gasteiger partial charge in [0.25, 0.3) is 11.8 Å². The fourth-order valence-electron chi connectivity index (χ4n) is 4.82. The summed E-state index contributed by atoms with van der Waals surface area (Å²) in [5.74, 6) is -0.173. The second kappa shape index (κ2) is 12.3. The molecule has 3 aromatic rings. The van der Waals surface area contributed by atoms with Crippen molar-refractivity contribution < 1.29 is 27.5 Å². The van der Waals surface area contributed by atoms with Gasteiger partial charge in [0.05, 0.1) is 22.2 Å². The Morgan fingerprint density at radius 1 is 1.00 bits per heavy atom. The van der Waals surface area contributed by atoms with Crippen molar-refractivity contribution in [2.45, 2.75) is 49.3 Å². The van der Waals surface area contributed by atoms with Crippen molar-refractivity contribution in [1.82, 2.24) is 10.0 Å². The van der Waals surface area contributed by atoms with Crippen LogP contribution >= 0.6 is 11.6 Å². The Labute approximate surface area is 238 Å². The third-order valence-corrected chi connectivity index (χ3v) is 8.73. The van der Waals surface area contributed by atoms with E-state index in [9.17, 15) is 18.0 Å². The van der Waals surface area contributed by atoms with E-state index in [0.29, 0.717) is 18.0 Å². The first-order valence-corrected chi connectivity index (χ1v) is 15.0. The molecule has 1 unspecified atom stereocenters. The lowest BCUT2D eigenvalue weighted by atomic mass is 10.1. The zero-order chi connectivity index (χ0) is 28.1. The highest BCUT2D eigenvalue weighted by molar-refractivity contribution is 7.89. The van der Waals surface area contributed by atoms with Gasteiger partial charge < -0.3 is 19.7 Å². The van der Waals surface area contributed by atoms with E-state index in [1.54, 1.807) is 24.3 Å². The Hall–Kier alpha value is -3.60. The van der Waals surface area contributed by atoms with Crippen LogP contribution in [-0.2, 0) is 26.2 Å².